The van der Waals surface area contributed by atoms with Gasteiger partial charge in [-0.3, -0.25) is 4.79 Å². The van der Waals surface area contributed by atoms with E-state index in [1.165, 1.54) is 6.07 Å². The first kappa shape index (κ1) is 16.2. The third-order valence-electron chi connectivity index (χ3n) is 5.78. The monoisotopic (exact) mass is 381 g/mol. The highest BCUT2D eigenvalue weighted by Crippen LogP contribution is 2.49. The molecule has 0 bridgehead atoms. The summed E-state index contributed by atoms with van der Waals surface area (Å²) in [5.41, 5.74) is 5.61. The fourth-order valence-electron chi connectivity index (χ4n) is 4.54. The van der Waals surface area contributed by atoms with Crippen LogP contribution in [0.5, 0.6) is 0 Å². The summed E-state index contributed by atoms with van der Waals surface area (Å²) in [5.74, 6) is -0.430. The third-order valence-corrected chi connectivity index (χ3v) is 5.78. The zero-order valence-corrected chi connectivity index (χ0v) is 15.3. The molecule has 3 aromatic rings. The van der Waals surface area contributed by atoms with Crippen LogP contribution in [0.1, 0.15) is 17.2 Å². The minimum Gasteiger partial charge on any atom is -0.342 e. The summed E-state index contributed by atoms with van der Waals surface area (Å²) < 4.78 is 15.0. The van der Waals surface area contributed by atoms with Gasteiger partial charge in [0.15, 0.2) is 0 Å². The van der Waals surface area contributed by atoms with Gasteiger partial charge in [-0.15, -0.1) is 0 Å². The molecule has 1 N–H and O–H groups in total. The highest BCUT2D eigenvalue weighted by atomic mass is 19.1. The number of hydrogen-bond donors (Lipinski definition) is 1. The lowest BCUT2D eigenvalue weighted by atomic mass is 9.84. The van der Waals surface area contributed by atoms with Crippen molar-refractivity contribution in [3.8, 4) is 0 Å². The van der Waals surface area contributed by atoms with E-state index in [2.05, 4.69) is 5.32 Å². The Kier molecular flexibility index (Phi) is 3.29. The van der Waals surface area contributed by atoms with Gasteiger partial charge in [0.1, 0.15) is 17.9 Å². The molecule has 0 saturated carbocycles. The fraction of sp³-hybridized carbons (Fsp3) is 0.0833. The van der Waals surface area contributed by atoms with Gasteiger partial charge >= 0.3 is 0 Å². The molecule has 140 valence electrons. The van der Waals surface area contributed by atoms with Crippen molar-refractivity contribution in [2.45, 2.75) is 12.1 Å². The van der Waals surface area contributed by atoms with E-state index in [0.29, 0.717) is 5.56 Å². The molecule has 4 nitrogen and oxygen atoms in total. The maximum atomic E-state index is 15.0. The van der Waals surface area contributed by atoms with Crippen LogP contribution >= 0.6 is 0 Å². The van der Waals surface area contributed by atoms with E-state index in [4.69, 9.17) is 4.99 Å². The lowest BCUT2D eigenvalue weighted by Gasteiger charge is -2.45. The van der Waals surface area contributed by atoms with Gasteiger partial charge in [0.05, 0.1) is 22.8 Å². The van der Waals surface area contributed by atoms with E-state index in [9.17, 15) is 9.18 Å². The molecule has 5 heteroatoms. The SMILES string of the molecule is O=C1Nc2ccccc2N2C(c3ccccc3F)C3=Nc4ccccc4C3=C[C@@H]12. The van der Waals surface area contributed by atoms with E-state index < -0.39 is 12.1 Å². The molecule has 0 radical (unpaired) electrons. The molecule has 0 spiro atoms. The summed E-state index contributed by atoms with van der Waals surface area (Å²) >= 11 is 0. The number of nitrogens with one attached hydrogen (secondary N) is 1. The van der Waals surface area contributed by atoms with Crippen LogP contribution in [0, 0.1) is 5.82 Å². The second kappa shape index (κ2) is 5.88. The molecule has 1 amide bonds. The largest absolute Gasteiger partial charge is 0.342 e. The number of hydrogen-bond acceptors (Lipinski definition) is 3. The number of halogens is 1. The zero-order valence-electron chi connectivity index (χ0n) is 15.3. The smallest absolute Gasteiger partial charge is 0.251 e. The van der Waals surface area contributed by atoms with Gasteiger partial charge in [-0.2, -0.15) is 0 Å². The number of benzene rings is 3. The molecule has 1 unspecified atom stereocenters. The fourth-order valence-corrected chi connectivity index (χ4v) is 4.54. The summed E-state index contributed by atoms with van der Waals surface area (Å²) in [4.78, 5) is 19.9. The standard InChI is InChI=1S/C24H16FN3O/c25-17-9-3-1-8-15(17)23-22-16(14-7-2-4-10-18(14)26-22)13-21-24(29)27-19-11-5-6-12-20(19)28(21)23/h1-13,21,23H,(H,27,29)/t21-,23?/m0/s1. The minimum atomic E-state index is -0.547. The van der Waals surface area contributed by atoms with Gasteiger partial charge in [-0.05, 0) is 30.3 Å². The Morgan fingerprint density at radius 2 is 1.69 bits per heavy atom. The molecule has 3 aromatic carbocycles. The topological polar surface area (TPSA) is 44.7 Å². The molecular formula is C24H16FN3O. The number of anilines is 2. The van der Waals surface area contributed by atoms with Gasteiger partial charge in [0.25, 0.3) is 5.91 Å². The highest BCUT2D eigenvalue weighted by molar-refractivity contribution is 6.34. The molecule has 0 aliphatic carbocycles. The first-order valence-corrected chi connectivity index (χ1v) is 9.55. The lowest BCUT2D eigenvalue weighted by molar-refractivity contribution is -0.116. The Balaban J connectivity index is 1.65. The molecule has 3 aliphatic heterocycles. The molecule has 6 rings (SSSR count). The van der Waals surface area contributed by atoms with E-state index in [1.54, 1.807) is 12.1 Å². The third kappa shape index (κ3) is 2.24. The minimum absolute atomic E-state index is 0.124. The average molecular weight is 381 g/mol. The first-order valence-electron chi connectivity index (χ1n) is 9.55. The van der Waals surface area contributed by atoms with Crippen LogP contribution in [-0.2, 0) is 4.79 Å². The molecule has 0 fully saturated rings. The normalized spacial score (nSPS) is 21.3. The Bertz CT molecular complexity index is 1250. The number of rotatable bonds is 1. The van der Waals surface area contributed by atoms with Crippen LogP contribution in [0.2, 0.25) is 0 Å². The lowest BCUT2D eigenvalue weighted by Crippen LogP contribution is -2.53. The molecule has 29 heavy (non-hydrogen) atoms. The van der Waals surface area contributed by atoms with Gasteiger partial charge in [0.2, 0.25) is 0 Å². The van der Waals surface area contributed by atoms with Crippen molar-refractivity contribution in [2.75, 3.05) is 10.2 Å². The van der Waals surface area contributed by atoms with Crippen LogP contribution in [-0.4, -0.2) is 17.7 Å². The quantitative estimate of drug-likeness (QED) is 0.653. The number of carbonyl (C=O) groups is 1. The van der Waals surface area contributed by atoms with Gasteiger partial charge in [0, 0.05) is 16.7 Å². The second-order valence-electron chi connectivity index (χ2n) is 7.38. The van der Waals surface area contributed by atoms with E-state index in [0.717, 1.165) is 33.9 Å². The van der Waals surface area contributed by atoms with Crippen LogP contribution in [0.15, 0.2) is 83.9 Å². The van der Waals surface area contributed by atoms with Crippen LogP contribution in [0.25, 0.3) is 5.57 Å². The molecular weight excluding hydrogens is 365 g/mol. The van der Waals surface area contributed by atoms with Crippen molar-refractivity contribution < 1.29 is 9.18 Å². The summed E-state index contributed by atoms with van der Waals surface area (Å²) in [6, 6.07) is 21.2. The summed E-state index contributed by atoms with van der Waals surface area (Å²) in [7, 11) is 0. The second-order valence-corrected chi connectivity index (χ2v) is 7.38. The van der Waals surface area contributed by atoms with Gasteiger partial charge in [-0.1, -0.05) is 48.5 Å². The maximum Gasteiger partial charge on any atom is 0.251 e. The highest BCUT2D eigenvalue weighted by Gasteiger charge is 2.45. The van der Waals surface area contributed by atoms with Gasteiger partial charge in [-0.25, -0.2) is 9.38 Å². The molecule has 0 aromatic heterocycles. The van der Waals surface area contributed by atoms with Crippen molar-refractivity contribution in [3.63, 3.8) is 0 Å². The van der Waals surface area contributed by atoms with Crippen LogP contribution in [0.4, 0.5) is 21.5 Å². The van der Waals surface area contributed by atoms with E-state index >= 15 is 0 Å². The predicted molar refractivity (Wildman–Crippen MR) is 112 cm³/mol. The molecule has 2 atom stereocenters. The zero-order chi connectivity index (χ0) is 19.5. The Morgan fingerprint density at radius 1 is 0.931 bits per heavy atom. The Labute approximate surface area is 167 Å². The Hall–Kier alpha value is -3.73. The number of amides is 1. The summed E-state index contributed by atoms with van der Waals surface area (Å²) in [6.45, 7) is 0. The van der Waals surface area contributed by atoms with Crippen molar-refractivity contribution in [2.24, 2.45) is 4.99 Å². The molecule has 0 saturated heterocycles. The van der Waals surface area contributed by atoms with Crippen molar-refractivity contribution in [3.05, 3.63) is 95.8 Å². The molecule has 3 heterocycles. The van der Waals surface area contributed by atoms with E-state index in [-0.39, 0.29) is 11.7 Å². The van der Waals surface area contributed by atoms with Gasteiger partial charge < -0.3 is 10.2 Å². The number of fused-ring (bicyclic) bond motifs is 6. The average Bonchev–Trinajstić information content (AvgIpc) is 3.12. The van der Waals surface area contributed by atoms with E-state index in [1.807, 2.05) is 65.6 Å². The number of aliphatic imine (C=N–C) groups is 1. The number of carbonyl (C=O) groups excluding carboxylic acids is 1. The van der Waals surface area contributed by atoms with Crippen molar-refractivity contribution in [1.29, 1.82) is 0 Å². The number of para-hydroxylation sites is 3. The Morgan fingerprint density at radius 3 is 2.59 bits per heavy atom. The van der Waals surface area contributed by atoms with Crippen LogP contribution < -0.4 is 10.2 Å². The van der Waals surface area contributed by atoms with Crippen molar-refractivity contribution >= 4 is 34.3 Å². The predicted octanol–water partition coefficient (Wildman–Crippen LogP) is 4.88. The summed E-state index contributed by atoms with van der Waals surface area (Å²) in [6.07, 6.45) is 1.95. The first-order chi connectivity index (χ1) is 14.2. The van der Waals surface area contributed by atoms with Crippen LogP contribution in [0.3, 0.4) is 0 Å². The van der Waals surface area contributed by atoms with Crippen molar-refractivity contribution in [1.82, 2.24) is 0 Å². The summed E-state index contributed by atoms with van der Waals surface area (Å²) in [5, 5.41) is 2.99. The number of nitrogens with zero attached hydrogens (tertiary/aromatic N) is 2. The molecule has 3 aliphatic rings. The maximum absolute atomic E-state index is 15.0.